The lowest BCUT2D eigenvalue weighted by Crippen LogP contribution is -2.27. The van der Waals surface area contributed by atoms with Gasteiger partial charge in [0.2, 0.25) is 0 Å². The summed E-state index contributed by atoms with van der Waals surface area (Å²) >= 11 is 7.54. The largest absolute Gasteiger partial charge is 0.478 e. The van der Waals surface area contributed by atoms with E-state index in [1.54, 1.807) is 23.5 Å². The monoisotopic (exact) mass is 309 g/mol. The summed E-state index contributed by atoms with van der Waals surface area (Å²) in [7, 11) is 0. The van der Waals surface area contributed by atoms with Gasteiger partial charge in [0.05, 0.1) is 5.56 Å². The second-order valence-corrected chi connectivity index (χ2v) is 6.59. The lowest BCUT2D eigenvalue weighted by atomic mass is 9.91. The number of nitrogens with one attached hydrogen (secondary N) is 1. The third-order valence-electron chi connectivity index (χ3n) is 3.12. The average Bonchev–Trinajstić information content (AvgIpc) is 2.91. The highest BCUT2D eigenvalue weighted by molar-refractivity contribution is 7.10. The van der Waals surface area contributed by atoms with Crippen LogP contribution in [-0.4, -0.2) is 17.6 Å². The van der Waals surface area contributed by atoms with E-state index in [0.29, 0.717) is 17.3 Å². The Morgan fingerprint density at radius 2 is 2.15 bits per heavy atom. The number of carboxylic acids is 1. The van der Waals surface area contributed by atoms with Crippen molar-refractivity contribution in [3.8, 4) is 0 Å². The van der Waals surface area contributed by atoms with Crippen LogP contribution in [0.4, 0.5) is 5.69 Å². The Morgan fingerprint density at radius 3 is 2.75 bits per heavy atom. The van der Waals surface area contributed by atoms with Crippen LogP contribution >= 0.6 is 22.9 Å². The van der Waals surface area contributed by atoms with Gasteiger partial charge in [0.1, 0.15) is 0 Å². The third-order valence-corrected chi connectivity index (χ3v) is 4.59. The van der Waals surface area contributed by atoms with Gasteiger partial charge in [-0.05, 0) is 29.6 Å². The molecular weight excluding hydrogens is 294 g/mol. The summed E-state index contributed by atoms with van der Waals surface area (Å²) in [5.41, 5.74) is 0.717. The minimum Gasteiger partial charge on any atom is -0.478 e. The maximum Gasteiger partial charge on any atom is 0.337 e. The highest BCUT2D eigenvalue weighted by atomic mass is 35.5. The van der Waals surface area contributed by atoms with E-state index < -0.39 is 5.97 Å². The zero-order valence-corrected chi connectivity index (χ0v) is 12.9. The molecule has 0 fully saturated rings. The van der Waals surface area contributed by atoms with Crippen molar-refractivity contribution in [2.45, 2.75) is 19.3 Å². The quantitative estimate of drug-likeness (QED) is 0.855. The van der Waals surface area contributed by atoms with E-state index in [1.165, 1.54) is 10.9 Å². The molecular formula is C15H16ClNO2S. The van der Waals surface area contributed by atoms with Gasteiger partial charge in [0.15, 0.2) is 0 Å². The van der Waals surface area contributed by atoms with Crippen molar-refractivity contribution in [3.63, 3.8) is 0 Å². The van der Waals surface area contributed by atoms with Crippen LogP contribution in [0.25, 0.3) is 0 Å². The second-order valence-electron chi connectivity index (χ2n) is 5.21. The molecule has 0 bridgehead atoms. The Bertz CT molecular complexity index is 608. The van der Waals surface area contributed by atoms with Crippen molar-refractivity contribution in [3.05, 3.63) is 51.2 Å². The highest BCUT2D eigenvalue weighted by Crippen LogP contribution is 2.29. The van der Waals surface area contributed by atoms with Gasteiger partial charge >= 0.3 is 5.97 Å². The van der Waals surface area contributed by atoms with Gasteiger partial charge in [0.25, 0.3) is 0 Å². The molecule has 1 aromatic heterocycles. The minimum atomic E-state index is -0.982. The Kier molecular flexibility index (Phi) is 4.35. The van der Waals surface area contributed by atoms with Gasteiger partial charge in [-0.3, -0.25) is 0 Å². The number of rotatable bonds is 5. The summed E-state index contributed by atoms with van der Waals surface area (Å²) in [6.45, 7) is 4.90. The fourth-order valence-corrected chi connectivity index (χ4v) is 2.94. The van der Waals surface area contributed by atoms with Gasteiger partial charge in [-0.25, -0.2) is 4.79 Å². The zero-order chi connectivity index (χ0) is 14.8. The van der Waals surface area contributed by atoms with Gasteiger partial charge in [-0.1, -0.05) is 31.5 Å². The number of thiophene rings is 1. The SMILES string of the molecule is CC(C)(CNc1ccc(Cl)cc1C(=O)O)c1cccs1. The normalized spacial score (nSPS) is 11.3. The van der Waals surface area contributed by atoms with E-state index in [0.717, 1.165) is 0 Å². The van der Waals surface area contributed by atoms with Crippen LogP contribution in [0.1, 0.15) is 29.1 Å². The van der Waals surface area contributed by atoms with E-state index in [-0.39, 0.29) is 11.0 Å². The van der Waals surface area contributed by atoms with Crippen LogP contribution in [0.3, 0.4) is 0 Å². The van der Waals surface area contributed by atoms with E-state index in [4.69, 9.17) is 11.6 Å². The zero-order valence-electron chi connectivity index (χ0n) is 11.3. The number of aromatic carboxylic acids is 1. The van der Waals surface area contributed by atoms with Gasteiger partial charge in [0, 0.05) is 27.5 Å². The van der Waals surface area contributed by atoms with Gasteiger partial charge in [-0.2, -0.15) is 0 Å². The van der Waals surface area contributed by atoms with E-state index in [1.807, 2.05) is 11.4 Å². The second kappa shape index (κ2) is 5.85. The molecule has 0 saturated heterocycles. The molecule has 0 saturated carbocycles. The molecule has 1 heterocycles. The number of carboxylic acid groups (broad SMARTS) is 1. The number of halogens is 1. The lowest BCUT2D eigenvalue weighted by Gasteiger charge is -2.24. The van der Waals surface area contributed by atoms with Crippen LogP contribution < -0.4 is 5.32 Å². The highest BCUT2D eigenvalue weighted by Gasteiger charge is 2.22. The standard InChI is InChI=1S/C15H16ClNO2S/c1-15(2,13-4-3-7-20-13)9-17-12-6-5-10(16)8-11(12)14(18)19/h3-8,17H,9H2,1-2H3,(H,18,19). The molecule has 2 N–H and O–H groups in total. The Hall–Kier alpha value is -1.52. The maximum absolute atomic E-state index is 11.2. The molecule has 0 spiro atoms. The third kappa shape index (κ3) is 3.32. The summed E-state index contributed by atoms with van der Waals surface area (Å²) in [5, 5.41) is 14.9. The molecule has 2 rings (SSSR count). The molecule has 0 amide bonds. The number of carbonyl (C=O) groups is 1. The molecule has 2 aromatic rings. The van der Waals surface area contributed by atoms with Gasteiger partial charge < -0.3 is 10.4 Å². The maximum atomic E-state index is 11.2. The van der Waals surface area contributed by atoms with Crippen LogP contribution in [-0.2, 0) is 5.41 Å². The minimum absolute atomic E-state index is 0.0659. The first-order valence-corrected chi connectivity index (χ1v) is 7.46. The van der Waals surface area contributed by atoms with Gasteiger partial charge in [-0.15, -0.1) is 11.3 Å². The van der Waals surface area contributed by atoms with Crippen molar-refractivity contribution in [1.29, 1.82) is 0 Å². The number of benzene rings is 1. The number of anilines is 1. The molecule has 5 heteroatoms. The van der Waals surface area contributed by atoms with E-state index in [9.17, 15) is 9.90 Å². The van der Waals surface area contributed by atoms with Crippen molar-refractivity contribution in [1.82, 2.24) is 0 Å². The molecule has 3 nitrogen and oxygen atoms in total. The summed E-state index contributed by atoms with van der Waals surface area (Å²) < 4.78 is 0. The molecule has 0 unspecified atom stereocenters. The first-order valence-electron chi connectivity index (χ1n) is 6.21. The molecule has 1 aromatic carbocycles. The summed E-state index contributed by atoms with van der Waals surface area (Å²) in [5.74, 6) is -0.982. The van der Waals surface area contributed by atoms with Crippen LogP contribution in [0.15, 0.2) is 35.7 Å². The fraction of sp³-hybridized carbons (Fsp3) is 0.267. The predicted octanol–water partition coefficient (Wildman–Crippen LogP) is 4.49. The summed E-state index contributed by atoms with van der Waals surface area (Å²) in [4.78, 5) is 12.5. The lowest BCUT2D eigenvalue weighted by molar-refractivity contribution is 0.0698. The number of hydrogen-bond donors (Lipinski definition) is 2. The van der Waals surface area contributed by atoms with Crippen molar-refractivity contribution >= 4 is 34.6 Å². The summed E-state index contributed by atoms with van der Waals surface area (Å²) in [6.07, 6.45) is 0. The molecule has 106 valence electrons. The van der Waals surface area contributed by atoms with E-state index in [2.05, 4.69) is 25.2 Å². The van der Waals surface area contributed by atoms with Crippen molar-refractivity contribution in [2.75, 3.05) is 11.9 Å². The predicted molar refractivity (Wildman–Crippen MR) is 84.2 cm³/mol. The molecule has 0 aliphatic carbocycles. The van der Waals surface area contributed by atoms with Crippen LogP contribution in [0.2, 0.25) is 5.02 Å². The smallest absolute Gasteiger partial charge is 0.337 e. The molecule has 0 radical (unpaired) electrons. The summed E-state index contributed by atoms with van der Waals surface area (Å²) in [6, 6.07) is 8.97. The van der Waals surface area contributed by atoms with E-state index >= 15 is 0 Å². The topological polar surface area (TPSA) is 49.3 Å². The first kappa shape index (κ1) is 14.9. The molecule has 0 aliphatic heterocycles. The molecule has 20 heavy (non-hydrogen) atoms. The Balaban J connectivity index is 2.17. The Labute approximate surface area is 127 Å². The first-order chi connectivity index (χ1) is 9.40. The Morgan fingerprint density at radius 1 is 1.40 bits per heavy atom. The molecule has 0 atom stereocenters. The van der Waals surface area contributed by atoms with Crippen LogP contribution in [0.5, 0.6) is 0 Å². The fourth-order valence-electron chi connectivity index (χ4n) is 1.91. The number of hydrogen-bond acceptors (Lipinski definition) is 3. The van der Waals surface area contributed by atoms with Crippen LogP contribution in [0, 0.1) is 0 Å². The average molecular weight is 310 g/mol. The molecule has 0 aliphatic rings. The van der Waals surface area contributed by atoms with Crippen molar-refractivity contribution < 1.29 is 9.90 Å². The van der Waals surface area contributed by atoms with Crippen molar-refractivity contribution in [2.24, 2.45) is 0 Å².